The van der Waals surface area contributed by atoms with Crippen LogP contribution in [0.3, 0.4) is 0 Å². The molecule has 0 saturated carbocycles. The van der Waals surface area contributed by atoms with Crippen LogP contribution in [0, 0.1) is 5.92 Å². The number of hydrogen-bond acceptors (Lipinski definition) is 3. The minimum absolute atomic E-state index is 0.235. The molecule has 0 N–H and O–H groups in total. The first-order valence-corrected chi connectivity index (χ1v) is 6.73. The standard InChI is InChI=1S/C15H19NO2/c1-11-4-6-16(9-11)10-14(17)12-2-3-15-13(8-12)5-7-18-15/h2-3,8,11H,4-7,9-10H2,1H3. The number of rotatable bonds is 3. The van der Waals surface area contributed by atoms with Crippen molar-refractivity contribution in [1.82, 2.24) is 4.90 Å². The molecule has 0 aliphatic carbocycles. The highest BCUT2D eigenvalue weighted by Gasteiger charge is 2.22. The SMILES string of the molecule is CC1CCN(CC(=O)c2ccc3c(c2)CCO3)C1. The summed E-state index contributed by atoms with van der Waals surface area (Å²) < 4.78 is 5.46. The van der Waals surface area contributed by atoms with E-state index >= 15 is 0 Å². The predicted octanol–water partition coefficient (Wildman–Crippen LogP) is 2.15. The lowest BCUT2D eigenvalue weighted by Gasteiger charge is -2.14. The van der Waals surface area contributed by atoms with Crippen molar-refractivity contribution in [3.8, 4) is 5.75 Å². The molecule has 2 heterocycles. The number of likely N-dealkylation sites (tertiary alicyclic amines) is 1. The van der Waals surface area contributed by atoms with Gasteiger partial charge in [0.1, 0.15) is 5.75 Å². The van der Waals surface area contributed by atoms with E-state index in [0.29, 0.717) is 6.54 Å². The highest BCUT2D eigenvalue weighted by atomic mass is 16.5. The predicted molar refractivity (Wildman–Crippen MR) is 70.2 cm³/mol. The first-order chi connectivity index (χ1) is 8.72. The number of carbonyl (C=O) groups excluding carboxylic acids is 1. The number of benzene rings is 1. The van der Waals surface area contributed by atoms with Crippen molar-refractivity contribution in [2.45, 2.75) is 19.8 Å². The van der Waals surface area contributed by atoms with E-state index in [1.165, 1.54) is 12.0 Å². The Hall–Kier alpha value is -1.35. The average Bonchev–Trinajstić information content (AvgIpc) is 2.96. The van der Waals surface area contributed by atoms with Crippen molar-refractivity contribution in [3.63, 3.8) is 0 Å². The Kier molecular flexibility index (Phi) is 3.08. The van der Waals surface area contributed by atoms with Gasteiger partial charge in [-0.1, -0.05) is 6.92 Å². The molecule has 2 aliphatic heterocycles. The van der Waals surface area contributed by atoms with Crippen molar-refractivity contribution in [1.29, 1.82) is 0 Å². The van der Waals surface area contributed by atoms with Gasteiger partial charge in [0.2, 0.25) is 0 Å². The van der Waals surface area contributed by atoms with Gasteiger partial charge in [0.15, 0.2) is 5.78 Å². The van der Waals surface area contributed by atoms with E-state index in [1.54, 1.807) is 0 Å². The molecule has 3 nitrogen and oxygen atoms in total. The Bertz CT molecular complexity index is 470. The molecule has 18 heavy (non-hydrogen) atoms. The molecular weight excluding hydrogens is 226 g/mol. The molecule has 2 aliphatic rings. The Morgan fingerprint density at radius 1 is 1.50 bits per heavy atom. The molecule has 1 aromatic carbocycles. The van der Waals surface area contributed by atoms with E-state index in [9.17, 15) is 4.79 Å². The number of carbonyl (C=O) groups is 1. The van der Waals surface area contributed by atoms with E-state index in [-0.39, 0.29) is 5.78 Å². The third kappa shape index (κ3) is 2.27. The molecule has 3 rings (SSSR count). The van der Waals surface area contributed by atoms with E-state index in [1.807, 2.05) is 18.2 Å². The van der Waals surface area contributed by atoms with Crippen LogP contribution in [0.5, 0.6) is 5.75 Å². The zero-order valence-corrected chi connectivity index (χ0v) is 10.8. The molecule has 3 heteroatoms. The monoisotopic (exact) mass is 245 g/mol. The first kappa shape index (κ1) is 11.7. The number of fused-ring (bicyclic) bond motifs is 1. The molecule has 1 fully saturated rings. The zero-order chi connectivity index (χ0) is 12.5. The Morgan fingerprint density at radius 3 is 3.17 bits per heavy atom. The van der Waals surface area contributed by atoms with E-state index in [4.69, 9.17) is 4.74 Å². The van der Waals surface area contributed by atoms with Gasteiger partial charge < -0.3 is 4.74 Å². The van der Waals surface area contributed by atoms with Crippen LogP contribution >= 0.6 is 0 Å². The summed E-state index contributed by atoms with van der Waals surface area (Å²) in [4.78, 5) is 14.5. The highest BCUT2D eigenvalue weighted by molar-refractivity contribution is 5.98. The van der Waals surface area contributed by atoms with Gasteiger partial charge in [-0.15, -0.1) is 0 Å². The maximum absolute atomic E-state index is 12.2. The van der Waals surface area contributed by atoms with Crippen molar-refractivity contribution in [2.24, 2.45) is 5.92 Å². The number of hydrogen-bond donors (Lipinski definition) is 0. The lowest BCUT2D eigenvalue weighted by atomic mass is 10.1. The molecule has 1 saturated heterocycles. The second kappa shape index (κ2) is 4.73. The Balaban J connectivity index is 1.69. The fourth-order valence-electron chi connectivity index (χ4n) is 2.82. The van der Waals surface area contributed by atoms with Crippen LogP contribution in [0.15, 0.2) is 18.2 Å². The minimum Gasteiger partial charge on any atom is -0.493 e. The van der Waals surface area contributed by atoms with Gasteiger partial charge in [-0.3, -0.25) is 9.69 Å². The molecule has 0 amide bonds. The Morgan fingerprint density at radius 2 is 2.39 bits per heavy atom. The number of Topliss-reactive ketones (excluding diaryl/α,β-unsaturated/α-hetero) is 1. The third-order valence-electron chi connectivity index (χ3n) is 3.89. The van der Waals surface area contributed by atoms with Crippen LogP contribution < -0.4 is 4.74 Å². The zero-order valence-electron chi connectivity index (χ0n) is 10.8. The van der Waals surface area contributed by atoms with Crippen LogP contribution in [-0.2, 0) is 6.42 Å². The normalized spacial score (nSPS) is 22.8. The van der Waals surface area contributed by atoms with Gasteiger partial charge >= 0.3 is 0 Å². The maximum atomic E-state index is 12.2. The van der Waals surface area contributed by atoms with Gasteiger partial charge in [-0.05, 0) is 42.6 Å². The highest BCUT2D eigenvalue weighted by Crippen LogP contribution is 2.26. The van der Waals surface area contributed by atoms with Gasteiger partial charge in [0.05, 0.1) is 13.2 Å². The molecule has 0 aromatic heterocycles. The van der Waals surface area contributed by atoms with E-state index < -0.39 is 0 Å². The summed E-state index contributed by atoms with van der Waals surface area (Å²) in [5.74, 6) is 1.91. The van der Waals surface area contributed by atoms with Gasteiger partial charge in [0.25, 0.3) is 0 Å². The lowest BCUT2D eigenvalue weighted by molar-refractivity contribution is 0.0943. The Labute approximate surface area is 108 Å². The van der Waals surface area contributed by atoms with Crippen LogP contribution in [0.4, 0.5) is 0 Å². The van der Waals surface area contributed by atoms with Crippen molar-refractivity contribution in [2.75, 3.05) is 26.2 Å². The van der Waals surface area contributed by atoms with E-state index in [2.05, 4.69) is 11.8 Å². The summed E-state index contributed by atoms with van der Waals surface area (Å²) in [6.07, 6.45) is 2.14. The van der Waals surface area contributed by atoms with Gasteiger partial charge in [0, 0.05) is 18.5 Å². The second-order valence-corrected chi connectivity index (χ2v) is 5.47. The lowest BCUT2D eigenvalue weighted by Crippen LogP contribution is -2.27. The van der Waals surface area contributed by atoms with Gasteiger partial charge in [-0.25, -0.2) is 0 Å². The van der Waals surface area contributed by atoms with Crippen LogP contribution in [0.25, 0.3) is 0 Å². The number of ether oxygens (including phenoxy) is 1. The number of nitrogens with zero attached hydrogens (tertiary/aromatic N) is 1. The van der Waals surface area contributed by atoms with Crippen LogP contribution in [0.2, 0.25) is 0 Å². The quantitative estimate of drug-likeness (QED) is 0.764. The summed E-state index contributed by atoms with van der Waals surface area (Å²) >= 11 is 0. The summed E-state index contributed by atoms with van der Waals surface area (Å²) in [6, 6.07) is 5.83. The van der Waals surface area contributed by atoms with Crippen molar-refractivity contribution >= 4 is 5.78 Å². The van der Waals surface area contributed by atoms with Crippen molar-refractivity contribution in [3.05, 3.63) is 29.3 Å². The average molecular weight is 245 g/mol. The molecule has 1 aromatic rings. The number of ketones is 1. The molecule has 1 unspecified atom stereocenters. The topological polar surface area (TPSA) is 29.5 Å². The molecule has 96 valence electrons. The minimum atomic E-state index is 0.235. The van der Waals surface area contributed by atoms with E-state index in [0.717, 1.165) is 43.3 Å². The summed E-state index contributed by atoms with van der Waals surface area (Å²) in [5, 5.41) is 0. The fraction of sp³-hybridized carbons (Fsp3) is 0.533. The summed E-state index contributed by atoms with van der Waals surface area (Å²) in [6.45, 7) is 5.67. The smallest absolute Gasteiger partial charge is 0.176 e. The molecule has 0 bridgehead atoms. The molecule has 1 atom stereocenters. The summed E-state index contributed by atoms with van der Waals surface area (Å²) in [5.41, 5.74) is 2.01. The second-order valence-electron chi connectivity index (χ2n) is 5.47. The maximum Gasteiger partial charge on any atom is 0.176 e. The van der Waals surface area contributed by atoms with Crippen LogP contribution in [-0.4, -0.2) is 36.9 Å². The van der Waals surface area contributed by atoms with Gasteiger partial charge in [-0.2, -0.15) is 0 Å². The molecule has 0 spiro atoms. The molecule has 0 radical (unpaired) electrons. The third-order valence-corrected chi connectivity index (χ3v) is 3.89. The fourth-order valence-corrected chi connectivity index (χ4v) is 2.82. The summed E-state index contributed by atoms with van der Waals surface area (Å²) in [7, 11) is 0. The van der Waals surface area contributed by atoms with Crippen LogP contribution in [0.1, 0.15) is 29.3 Å². The van der Waals surface area contributed by atoms with Crippen molar-refractivity contribution < 1.29 is 9.53 Å². The first-order valence-electron chi connectivity index (χ1n) is 6.73. The largest absolute Gasteiger partial charge is 0.493 e. The molecular formula is C15H19NO2.